The fourth-order valence-electron chi connectivity index (χ4n) is 4.03. The molecule has 0 atom stereocenters. The molecule has 3 aromatic carbocycles. The molecule has 10 heteroatoms. The number of nitrogens with one attached hydrogen (secondary N) is 1. The normalized spacial score (nSPS) is 15.2. The molecule has 0 radical (unpaired) electrons. The third-order valence-corrected chi connectivity index (χ3v) is 7.43. The lowest BCUT2D eigenvalue weighted by Crippen LogP contribution is -2.27. The standard InChI is InChI=1S/C29H26N2O6S2/c1-4-34-24-12-19(6-9-22(24)35-15-27(32)30-20-7-5-17(2)18(3)11-20)13-26-28(33)31(29(38)39-26)21-8-10-23-25(14-21)37-16-36-23/h5-14H,4,15-16H2,1-3H3,(H,30,32)/b26-13+. The van der Waals surface area contributed by atoms with E-state index >= 15 is 0 Å². The first-order valence-corrected chi connectivity index (χ1v) is 13.5. The molecule has 200 valence electrons. The fourth-order valence-corrected chi connectivity index (χ4v) is 5.33. The van der Waals surface area contributed by atoms with Crippen LogP contribution in [0.4, 0.5) is 11.4 Å². The minimum atomic E-state index is -0.281. The van der Waals surface area contributed by atoms with Gasteiger partial charge in [0, 0.05) is 11.8 Å². The van der Waals surface area contributed by atoms with Crippen LogP contribution in [0, 0.1) is 13.8 Å². The van der Waals surface area contributed by atoms with Crippen LogP contribution in [0.3, 0.4) is 0 Å². The Hall–Kier alpha value is -4.02. The zero-order valence-corrected chi connectivity index (χ0v) is 23.2. The topological polar surface area (TPSA) is 86.3 Å². The molecular weight excluding hydrogens is 536 g/mol. The molecule has 3 aromatic rings. The Morgan fingerprint density at radius 1 is 1.03 bits per heavy atom. The highest BCUT2D eigenvalue weighted by molar-refractivity contribution is 8.27. The molecule has 0 aromatic heterocycles. The number of hydrogen-bond donors (Lipinski definition) is 1. The third-order valence-electron chi connectivity index (χ3n) is 6.12. The minimum absolute atomic E-state index is 0.149. The Morgan fingerprint density at radius 3 is 2.64 bits per heavy atom. The number of benzene rings is 3. The van der Waals surface area contributed by atoms with Gasteiger partial charge in [0.25, 0.3) is 11.8 Å². The van der Waals surface area contributed by atoms with E-state index in [4.69, 9.17) is 31.2 Å². The third kappa shape index (κ3) is 5.86. The predicted molar refractivity (Wildman–Crippen MR) is 156 cm³/mol. The van der Waals surface area contributed by atoms with Crippen molar-refractivity contribution in [1.82, 2.24) is 0 Å². The summed E-state index contributed by atoms with van der Waals surface area (Å²) < 4.78 is 22.7. The van der Waals surface area contributed by atoms with Crippen LogP contribution in [0.5, 0.6) is 23.0 Å². The Labute approximate surface area is 235 Å². The van der Waals surface area contributed by atoms with Gasteiger partial charge < -0.3 is 24.3 Å². The lowest BCUT2D eigenvalue weighted by atomic mass is 10.1. The molecule has 2 aliphatic heterocycles. The lowest BCUT2D eigenvalue weighted by Gasteiger charge is -2.15. The summed E-state index contributed by atoms with van der Waals surface area (Å²) in [6, 6.07) is 16.3. The van der Waals surface area contributed by atoms with Crippen molar-refractivity contribution in [1.29, 1.82) is 0 Å². The van der Waals surface area contributed by atoms with E-state index in [0.29, 0.717) is 50.2 Å². The Bertz CT molecular complexity index is 1500. The van der Waals surface area contributed by atoms with E-state index in [1.54, 1.807) is 42.5 Å². The van der Waals surface area contributed by atoms with Crippen molar-refractivity contribution in [2.45, 2.75) is 20.8 Å². The summed E-state index contributed by atoms with van der Waals surface area (Å²) in [5.74, 6) is 1.59. The fraction of sp³-hybridized carbons (Fsp3) is 0.207. The van der Waals surface area contributed by atoms with Crippen LogP contribution in [0.25, 0.3) is 6.08 Å². The number of nitrogens with zero attached hydrogens (tertiary/aromatic N) is 1. The number of ether oxygens (including phenoxy) is 4. The summed E-state index contributed by atoms with van der Waals surface area (Å²) in [5, 5.41) is 2.85. The van der Waals surface area contributed by atoms with Crippen molar-refractivity contribution in [3.05, 3.63) is 76.2 Å². The second-order valence-electron chi connectivity index (χ2n) is 8.83. The number of anilines is 2. The van der Waals surface area contributed by atoms with Gasteiger partial charge in [-0.3, -0.25) is 14.5 Å². The van der Waals surface area contributed by atoms with E-state index in [0.717, 1.165) is 16.7 Å². The molecule has 2 aliphatic rings. The largest absolute Gasteiger partial charge is 0.490 e. The second kappa shape index (κ2) is 11.4. The molecule has 0 aliphatic carbocycles. The molecule has 39 heavy (non-hydrogen) atoms. The van der Waals surface area contributed by atoms with E-state index in [9.17, 15) is 9.59 Å². The van der Waals surface area contributed by atoms with Crippen molar-refractivity contribution in [2.24, 2.45) is 0 Å². The van der Waals surface area contributed by atoms with E-state index in [-0.39, 0.29) is 25.2 Å². The van der Waals surface area contributed by atoms with Crippen molar-refractivity contribution in [3.8, 4) is 23.0 Å². The average molecular weight is 563 g/mol. The molecule has 0 bridgehead atoms. The highest BCUT2D eigenvalue weighted by Crippen LogP contribution is 2.41. The molecule has 2 heterocycles. The zero-order chi connectivity index (χ0) is 27.5. The molecule has 0 unspecified atom stereocenters. The predicted octanol–water partition coefficient (Wildman–Crippen LogP) is 5.85. The van der Waals surface area contributed by atoms with E-state index < -0.39 is 0 Å². The molecule has 0 saturated carbocycles. The molecule has 0 spiro atoms. The maximum Gasteiger partial charge on any atom is 0.270 e. The summed E-state index contributed by atoms with van der Waals surface area (Å²) in [6.45, 7) is 6.24. The molecule has 1 N–H and O–H groups in total. The summed E-state index contributed by atoms with van der Waals surface area (Å²) >= 11 is 6.72. The van der Waals surface area contributed by atoms with Crippen LogP contribution < -0.4 is 29.2 Å². The quantitative estimate of drug-likeness (QED) is 0.270. The highest BCUT2D eigenvalue weighted by atomic mass is 32.2. The van der Waals surface area contributed by atoms with Gasteiger partial charge >= 0.3 is 0 Å². The van der Waals surface area contributed by atoms with Crippen LogP contribution >= 0.6 is 24.0 Å². The highest BCUT2D eigenvalue weighted by Gasteiger charge is 2.34. The number of carbonyl (C=O) groups excluding carboxylic acids is 2. The number of amides is 2. The van der Waals surface area contributed by atoms with Gasteiger partial charge in [0.1, 0.15) is 0 Å². The van der Waals surface area contributed by atoms with E-state index in [1.807, 2.05) is 39.0 Å². The summed E-state index contributed by atoms with van der Waals surface area (Å²) in [5.41, 5.74) is 4.31. The number of carbonyl (C=O) groups is 2. The average Bonchev–Trinajstić information content (AvgIpc) is 3.49. The summed E-state index contributed by atoms with van der Waals surface area (Å²) in [6.07, 6.45) is 1.75. The molecule has 8 nitrogen and oxygen atoms in total. The van der Waals surface area contributed by atoms with Crippen LogP contribution in [0.15, 0.2) is 59.5 Å². The van der Waals surface area contributed by atoms with Crippen molar-refractivity contribution < 1.29 is 28.5 Å². The molecular formula is C29H26N2O6S2. The Morgan fingerprint density at radius 2 is 1.85 bits per heavy atom. The van der Waals surface area contributed by atoms with Crippen molar-refractivity contribution in [2.75, 3.05) is 30.2 Å². The van der Waals surface area contributed by atoms with E-state index in [1.165, 1.54) is 16.7 Å². The van der Waals surface area contributed by atoms with Crippen LogP contribution in [0.1, 0.15) is 23.6 Å². The molecule has 1 saturated heterocycles. The number of thioether (sulfide) groups is 1. The maximum atomic E-state index is 13.2. The first-order valence-electron chi connectivity index (χ1n) is 12.3. The minimum Gasteiger partial charge on any atom is -0.490 e. The first kappa shape index (κ1) is 26.6. The number of thiocarbonyl (C=S) groups is 1. The smallest absolute Gasteiger partial charge is 0.270 e. The zero-order valence-electron chi connectivity index (χ0n) is 21.6. The van der Waals surface area contributed by atoms with Crippen molar-refractivity contribution >= 4 is 57.6 Å². The van der Waals surface area contributed by atoms with Gasteiger partial charge in [-0.15, -0.1) is 0 Å². The van der Waals surface area contributed by atoms with Crippen molar-refractivity contribution in [3.63, 3.8) is 0 Å². The Kier molecular flexibility index (Phi) is 7.76. The first-order chi connectivity index (χ1) is 18.8. The van der Waals surface area contributed by atoms with E-state index in [2.05, 4.69) is 5.32 Å². The monoisotopic (exact) mass is 562 g/mol. The SMILES string of the molecule is CCOc1cc(/C=C2/SC(=S)N(c3ccc4c(c3)OCO4)C2=O)ccc1OCC(=O)Nc1ccc(C)c(C)c1. The number of fused-ring (bicyclic) bond motifs is 1. The summed E-state index contributed by atoms with van der Waals surface area (Å²) in [7, 11) is 0. The van der Waals surface area contributed by atoms with Gasteiger partial charge in [-0.2, -0.15) is 0 Å². The maximum absolute atomic E-state index is 13.2. The van der Waals surface area contributed by atoms with Gasteiger partial charge in [-0.25, -0.2) is 0 Å². The lowest BCUT2D eigenvalue weighted by molar-refractivity contribution is -0.118. The van der Waals surface area contributed by atoms with Gasteiger partial charge in [0.2, 0.25) is 6.79 Å². The van der Waals surface area contributed by atoms with Gasteiger partial charge in [-0.05, 0) is 79.9 Å². The summed E-state index contributed by atoms with van der Waals surface area (Å²) in [4.78, 5) is 27.7. The van der Waals surface area contributed by atoms with Gasteiger partial charge in [0.15, 0.2) is 33.9 Å². The van der Waals surface area contributed by atoms with Crippen LogP contribution in [-0.4, -0.2) is 36.1 Å². The second-order valence-corrected chi connectivity index (χ2v) is 10.5. The number of aryl methyl sites for hydroxylation is 2. The molecule has 2 amide bonds. The molecule has 1 fully saturated rings. The number of rotatable bonds is 8. The molecule has 5 rings (SSSR count). The van der Waals surface area contributed by atoms with Crippen LogP contribution in [-0.2, 0) is 9.59 Å². The van der Waals surface area contributed by atoms with Crippen LogP contribution in [0.2, 0.25) is 0 Å². The Balaban J connectivity index is 1.29. The van der Waals surface area contributed by atoms with Gasteiger partial charge in [-0.1, -0.05) is 36.1 Å². The van der Waals surface area contributed by atoms with Gasteiger partial charge in [0.05, 0.1) is 17.2 Å². The number of hydrogen-bond acceptors (Lipinski definition) is 8.